The predicted molar refractivity (Wildman–Crippen MR) is 17.5 cm³/mol. The van der Waals surface area contributed by atoms with Gasteiger partial charge in [-0.25, -0.2) is 0 Å². The van der Waals surface area contributed by atoms with Gasteiger partial charge in [0.1, 0.15) is 0 Å². The second-order valence-corrected chi connectivity index (χ2v) is 2.20. The summed E-state index contributed by atoms with van der Waals surface area (Å²) in [5.74, 6) is 0. The van der Waals surface area contributed by atoms with Crippen LogP contribution >= 0.6 is 0 Å². The van der Waals surface area contributed by atoms with Crippen LogP contribution in [-0.2, 0) is 10.1 Å². The van der Waals surface area contributed by atoms with E-state index in [1.54, 1.807) is 0 Å². The summed E-state index contributed by atoms with van der Waals surface area (Å²) in [4.78, 5) is 0. The van der Waals surface area contributed by atoms with Crippen LogP contribution in [0, 0.1) is 41.3 Å². The summed E-state index contributed by atoms with van der Waals surface area (Å²) in [7, 11) is -3.67. The van der Waals surface area contributed by atoms with Crippen LogP contribution < -0.4 is 0 Å². The smallest absolute Gasteiger partial charge is 0.261 e. The molecule has 1 N–H and O–H groups in total. The quantitative estimate of drug-likeness (QED) is 0.578. The Morgan fingerprint density at radius 1 is 1.50 bits per heavy atom. The Kier molecular flexibility index (Phi) is 5.66. The summed E-state index contributed by atoms with van der Waals surface area (Å²) in [6.07, 6.45) is 0.715. The Labute approximate surface area is 69.8 Å². The van der Waals surface area contributed by atoms with Gasteiger partial charge in [-0.15, -0.1) is 0 Å². The Morgan fingerprint density at radius 3 is 1.50 bits per heavy atom. The molecule has 6 heavy (non-hydrogen) atoms. The molecule has 0 rings (SSSR count). The third-order valence-electron chi connectivity index (χ3n) is 0. The van der Waals surface area contributed by atoms with Gasteiger partial charge in [0.25, 0.3) is 10.1 Å². The van der Waals surface area contributed by atoms with Crippen molar-refractivity contribution in [3.63, 3.8) is 0 Å². The Bertz CT molecular complexity index is 94.0. The van der Waals surface area contributed by atoms with Gasteiger partial charge in [-0.3, -0.25) is 4.55 Å². The van der Waals surface area contributed by atoms with E-state index < -0.39 is 10.1 Å². The molecule has 0 aromatic heterocycles. The molecule has 0 aliphatic heterocycles. The molecule has 5 heteroatoms. The molecule has 0 aliphatic carbocycles. The molecule has 0 atom stereocenters. The van der Waals surface area contributed by atoms with Crippen molar-refractivity contribution >= 4 is 10.1 Å². The fourth-order valence-electron chi connectivity index (χ4n) is 0. The van der Waals surface area contributed by atoms with Crippen LogP contribution in [0.5, 0.6) is 0 Å². The molecular formula is CH4O3PrS. The maximum Gasteiger partial charge on any atom is 0.261 e. The second kappa shape index (κ2) is 3.30. The van der Waals surface area contributed by atoms with Gasteiger partial charge in [0.15, 0.2) is 0 Å². The molecule has 0 aromatic carbocycles. The molecular weight excluding hydrogens is 233 g/mol. The Balaban J connectivity index is 0. The van der Waals surface area contributed by atoms with E-state index in [9.17, 15) is 8.42 Å². The Hall–Kier alpha value is 1.27. The van der Waals surface area contributed by atoms with E-state index in [4.69, 9.17) is 4.55 Å². The monoisotopic (exact) mass is 237 g/mol. The maximum absolute atomic E-state index is 9.19. The van der Waals surface area contributed by atoms with Crippen molar-refractivity contribution in [3.8, 4) is 0 Å². The van der Waals surface area contributed by atoms with Crippen molar-refractivity contribution in [3.05, 3.63) is 0 Å². The summed E-state index contributed by atoms with van der Waals surface area (Å²) < 4.78 is 25.9. The molecule has 0 unspecified atom stereocenters. The van der Waals surface area contributed by atoms with Gasteiger partial charge in [-0.1, -0.05) is 0 Å². The molecule has 35 valence electrons. The Morgan fingerprint density at radius 2 is 1.50 bits per heavy atom. The summed E-state index contributed by atoms with van der Waals surface area (Å²) in [6, 6.07) is 0. The SMILES string of the molecule is CS(=O)(=O)O.[Pr]. The summed E-state index contributed by atoms with van der Waals surface area (Å²) >= 11 is 0. The minimum Gasteiger partial charge on any atom is -0.286 e. The number of rotatable bonds is 0. The van der Waals surface area contributed by atoms with Crippen LogP contribution in [-0.4, -0.2) is 19.2 Å². The second-order valence-electron chi connectivity index (χ2n) is 0.733. The van der Waals surface area contributed by atoms with Crippen molar-refractivity contribution in [2.24, 2.45) is 0 Å². The first-order valence-electron chi connectivity index (χ1n) is 0.924. The minimum absolute atomic E-state index is 0. The van der Waals surface area contributed by atoms with Crippen LogP contribution in [0.2, 0.25) is 0 Å². The topological polar surface area (TPSA) is 54.4 Å². The molecule has 0 heterocycles. The first-order chi connectivity index (χ1) is 2.00. The molecule has 0 saturated heterocycles. The van der Waals surface area contributed by atoms with Crippen molar-refractivity contribution in [2.75, 3.05) is 6.26 Å². The van der Waals surface area contributed by atoms with Gasteiger partial charge in [-0.05, 0) is 0 Å². The third kappa shape index (κ3) is 59.4. The molecule has 0 bridgehead atoms. The van der Waals surface area contributed by atoms with Gasteiger partial charge < -0.3 is 0 Å². The largest absolute Gasteiger partial charge is 0.286 e. The summed E-state index contributed by atoms with van der Waals surface area (Å²) in [5.41, 5.74) is 0. The molecule has 0 fully saturated rings. The zero-order valence-corrected chi connectivity index (χ0v) is 7.77. The molecule has 1 radical (unpaired) electrons. The first-order valence-corrected chi connectivity index (χ1v) is 2.77. The van der Waals surface area contributed by atoms with Gasteiger partial charge in [-0.2, -0.15) is 8.42 Å². The van der Waals surface area contributed by atoms with Gasteiger partial charge in [0, 0.05) is 41.3 Å². The van der Waals surface area contributed by atoms with E-state index in [-0.39, 0.29) is 41.3 Å². The molecule has 0 aliphatic rings. The zero-order chi connectivity index (χ0) is 4.50. The van der Waals surface area contributed by atoms with Gasteiger partial charge in [0.05, 0.1) is 6.26 Å². The molecule has 0 aromatic rings. The van der Waals surface area contributed by atoms with Crippen LogP contribution in [0.4, 0.5) is 0 Å². The van der Waals surface area contributed by atoms with Crippen molar-refractivity contribution in [1.29, 1.82) is 0 Å². The average molecular weight is 237 g/mol. The fourth-order valence-corrected chi connectivity index (χ4v) is 0. The molecule has 0 amide bonds. The number of hydrogen-bond donors (Lipinski definition) is 1. The van der Waals surface area contributed by atoms with Crippen molar-refractivity contribution < 1.29 is 54.3 Å². The van der Waals surface area contributed by atoms with E-state index in [0.717, 1.165) is 0 Å². The minimum atomic E-state index is -3.67. The third-order valence-corrected chi connectivity index (χ3v) is 0. The normalized spacial score (nSPS) is 9.67. The van der Waals surface area contributed by atoms with Crippen molar-refractivity contribution in [1.82, 2.24) is 0 Å². The van der Waals surface area contributed by atoms with Gasteiger partial charge in [0.2, 0.25) is 0 Å². The molecule has 3 nitrogen and oxygen atoms in total. The standard InChI is InChI=1S/CH4O3S.Pr/c1-5(2,3)4;/h1H3,(H,2,3,4);. The average Bonchev–Trinajstić information content (AvgIpc) is 0.722. The van der Waals surface area contributed by atoms with Crippen LogP contribution in [0.25, 0.3) is 0 Å². The van der Waals surface area contributed by atoms with E-state index in [0.29, 0.717) is 6.26 Å². The van der Waals surface area contributed by atoms with Crippen molar-refractivity contribution in [2.45, 2.75) is 0 Å². The van der Waals surface area contributed by atoms with E-state index in [2.05, 4.69) is 0 Å². The fraction of sp³-hybridized carbons (Fsp3) is 1.00. The zero-order valence-electron chi connectivity index (χ0n) is 3.25. The molecule has 0 saturated carbocycles. The molecule has 0 spiro atoms. The first kappa shape index (κ1) is 10.3. The van der Waals surface area contributed by atoms with Gasteiger partial charge >= 0.3 is 0 Å². The van der Waals surface area contributed by atoms with E-state index in [1.807, 2.05) is 0 Å². The van der Waals surface area contributed by atoms with E-state index >= 15 is 0 Å². The van der Waals surface area contributed by atoms with Crippen LogP contribution in [0.15, 0.2) is 0 Å². The summed E-state index contributed by atoms with van der Waals surface area (Å²) in [5, 5.41) is 0. The van der Waals surface area contributed by atoms with Crippen LogP contribution in [0.3, 0.4) is 0 Å². The van der Waals surface area contributed by atoms with E-state index in [1.165, 1.54) is 0 Å². The number of hydrogen-bond acceptors (Lipinski definition) is 2. The summed E-state index contributed by atoms with van der Waals surface area (Å²) in [6.45, 7) is 0. The van der Waals surface area contributed by atoms with Crippen LogP contribution in [0.1, 0.15) is 0 Å². The maximum atomic E-state index is 9.19. The predicted octanol–water partition coefficient (Wildman–Crippen LogP) is -0.496.